The van der Waals surface area contributed by atoms with Gasteiger partial charge in [0.15, 0.2) is 5.82 Å². The van der Waals surface area contributed by atoms with E-state index in [4.69, 9.17) is 9.97 Å². The Hall–Kier alpha value is -7.14. The Balaban J connectivity index is 1.24. The summed E-state index contributed by atoms with van der Waals surface area (Å²) < 4.78 is 4.93. The average molecular weight is 732 g/mol. The van der Waals surface area contributed by atoms with Gasteiger partial charge in [-0.1, -0.05) is 164 Å². The van der Waals surface area contributed by atoms with E-state index in [2.05, 4.69) is 180 Å². The first-order valence-electron chi connectivity index (χ1n) is 18.9. The molecule has 56 heavy (non-hydrogen) atoms. The van der Waals surface area contributed by atoms with E-state index in [1.807, 2.05) is 35.6 Å². The second kappa shape index (κ2) is 13.3. The highest BCUT2D eigenvalue weighted by atomic mass is 32.1. The number of hydrogen-bond acceptors (Lipinski definition) is 3. The largest absolute Gasteiger partial charge is 0.309 e. The van der Waals surface area contributed by atoms with Gasteiger partial charge in [-0.25, -0.2) is 9.97 Å². The molecule has 3 aromatic heterocycles. The van der Waals surface area contributed by atoms with Crippen molar-refractivity contribution in [3.8, 4) is 61.8 Å². The molecule has 0 unspecified atom stereocenters. The maximum atomic E-state index is 5.36. The highest BCUT2D eigenvalue weighted by molar-refractivity contribution is 7.26. The van der Waals surface area contributed by atoms with Gasteiger partial charge in [-0.3, -0.25) is 0 Å². The van der Waals surface area contributed by atoms with Gasteiger partial charge >= 0.3 is 0 Å². The molecule has 3 nitrogen and oxygen atoms in total. The van der Waals surface area contributed by atoms with Crippen LogP contribution in [-0.2, 0) is 0 Å². The molecule has 262 valence electrons. The van der Waals surface area contributed by atoms with E-state index in [0.717, 1.165) is 44.8 Å². The molecule has 8 aromatic carbocycles. The molecule has 11 aromatic rings. The van der Waals surface area contributed by atoms with Crippen LogP contribution >= 0.6 is 11.3 Å². The molecule has 0 aliphatic rings. The molecule has 0 radical (unpaired) electrons. The van der Waals surface area contributed by atoms with E-state index in [0.29, 0.717) is 5.82 Å². The second-order valence-corrected chi connectivity index (χ2v) is 15.2. The Morgan fingerprint density at radius 1 is 0.357 bits per heavy atom. The van der Waals surface area contributed by atoms with Crippen LogP contribution in [0.2, 0.25) is 0 Å². The minimum Gasteiger partial charge on any atom is -0.309 e. The minimum atomic E-state index is 0.707. The molecule has 0 fully saturated rings. The molecule has 0 amide bonds. The third-order valence-corrected chi connectivity index (χ3v) is 12.0. The SMILES string of the molecule is c1ccc(-c2ccc3c4ccc(-c5ccccc5)cc4n(-c4cc(-c5cc(-c6ccccc6)nc(-c6ccccc6)n5)c5sc6ccccc6c5c4)c3c2)cc1. The van der Waals surface area contributed by atoms with Crippen LogP contribution in [0.4, 0.5) is 0 Å². The van der Waals surface area contributed by atoms with E-state index in [1.165, 1.54) is 53.2 Å². The molecule has 0 bridgehead atoms. The molecular weight excluding hydrogens is 699 g/mol. The van der Waals surface area contributed by atoms with Crippen molar-refractivity contribution in [2.45, 2.75) is 0 Å². The van der Waals surface area contributed by atoms with Crippen LogP contribution in [-0.4, -0.2) is 14.5 Å². The summed E-state index contributed by atoms with van der Waals surface area (Å²) in [7, 11) is 0. The molecule has 4 heteroatoms. The van der Waals surface area contributed by atoms with Gasteiger partial charge in [-0.15, -0.1) is 11.3 Å². The van der Waals surface area contributed by atoms with Crippen LogP contribution in [0.3, 0.4) is 0 Å². The zero-order valence-electron chi connectivity index (χ0n) is 30.3. The van der Waals surface area contributed by atoms with Crippen molar-refractivity contribution in [3.63, 3.8) is 0 Å². The number of benzene rings is 8. The molecule has 0 atom stereocenters. The van der Waals surface area contributed by atoms with Crippen molar-refractivity contribution in [1.82, 2.24) is 14.5 Å². The smallest absolute Gasteiger partial charge is 0.160 e. The molecule has 0 N–H and O–H groups in total. The van der Waals surface area contributed by atoms with Gasteiger partial charge in [0.25, 0.3) is 0 Å². The topological polar surface area (TPSA) is 30.7 Å². The first-order valence-corrected chi connectivity index (χ1v) is 19.7. The lowest BCUT2D eigenvalue weighted by atomic mass is 10.0. The number of nitrogens with zero attached hydrogens (tertiary/aromatic N) is 3. The fourth-order valence-electron chi connectivity index (χ4n) is 8.11. The Labute approximate surface area is 328 Å². The summed E-state index contributed by atoms with van der Waals surface area (Å²) in [6, 6.07) is 71.6. The van der Waals surface area contributed by atoms with E-state index >= 15 is 0 Å². The van der Waals surface area contributed by atoms with E-state index in [9.17, 15) is 0 Å². The Morgan fingerprint density at radius 2 is 0.875 bits per heavy atom. The molecule has 11 rings (SSSR count). The van der Waals surface area contributed by atoms with Gasteiger partial charge in [0, 0.05) is 53.3 Å². The fourth-order valence-corrected chi connectivity index (χ4v) is 9.31. The second-order valence-electron chi connectivity index (χ2n) is 14.2. The van der Waals surface area contributed by atoms with E-state index in [-0.39, 0.29) is 0 Å². The van der Waals surface area contributed by atoms with E-state index < -0.39 is 0 Å². The summed E-state index contributed by atoms with van der Waals surface area (Å²) in [4.78, 5) is 10.5. The molecule has 0 saturated carbocycles. The molecular formula is C52H33N3S. The number of fused-ring (bicyclic) bond motifs is 6. The van der Waals surface area contributed by atoms with Crippen LogP contribution < -0.4 is 0 Å². The van der Waals surface area contributed by atoms with Gasteiger partial charge in [-0.2, -0.15) is 0 Å². The van der Waals surface area contributed by atoms with Crippen LogP contribution in [0.5, 0.6) is 0 Å². The predicted molar refractivity (Wildman–Crippen MR) is 236 cm³/mol. The molecule has 0 spiro atoms. The molecule has 0 saturated heterocycles. The zero-order chi connectivity index (χ0) is 37.0. The lowest BCUT2D eigenvalue weighted by Gasteiger charge is -2.14. The van der Waals surface area contributed by atoms with Crippen molar-refractivity contribution >= 4 is 53.3 Å². The first kappa shape index (κ1) is 32.3. The van der Waals surface area contributed by atoms with Gasteiger partial charge < -0.3 is 4.57 Å². The zero-order valence-corrected chi connectivity index (χ0v) is 31.1. The predicted octanol–water partition coefficient (Wildman–Crippen LogP) is 14.3. The third kappa shape index (κ3) is 5.50. The van der Waals surface area contributed by atoms with Crippen LogP contribution in [0.1, 0.15) is 0 Å². The monoisotopic (exact) mass is 731 g/mol. The summed E-state index contributed by atoms with van der Waals surface area (Å²) in [6.45, 7) is 0. The van der Waals surface area contributed by atoms with Crippen molar-refractivity contribution in [1.29, 1.82) is 0 Å². The summed E-state index contributed by atoms with van der Waals surface area (Å²) in [5.74, 6) is 0.707. The average Bonchev–Trinajstić information content (AvgIpc) is 3.82. The lowest BCUT2D eigenvalue weighted by Crippen LogP contribution is -1.98. The normalized spacial score (nSPS) is 11.6. The maximum absolute atomic E-state index is 5.36. The number of rotatable bonds is 6. The van der Waals surface area contributed by atoms with Gasteiger partial charge in [0.2, 0.25) is 0 Å². The Morgan fingerprint density at radius 3 is 1.48 bits per heavy atom. The van der Waals surface area contributed by atoms with Crippen LogP contribution in [0.25, 0.3) is 104 Å². The lowest BCUT2D eigenvalue weighted by molar-refractivity contribution is 1.17. The quantitative estimate of drug-likeness (QED) is 0.170. The first-order chi connectivity index (χ1) is 27.7. The van der Waals surface area contributed by atoms with Gasteiger partial charge in [-0.05, 0) is 58.7 Å². The highest BCUT2D eigenvalue weighted by Crippen LogP contribution is 2.44. The van der Waals surface area contributed by atoms with Crippen molar-refractivity contribution in [2.24, 2.45) is 0 Å². The van der Waals surface area contributed by atoms with Crippen molar-refractivity contribution < 1.29 is 0 Å². The number of aromatic nitrogens is 3. The molecule has 0 aliphatic carbocycles. The third-order valence-electron chi connectivity index (χ3n) is 10.8. The number of thiophene rings is 1. The Bertz CT molecular complexity index is 3070. The summed E-state index contributed by atoms with van der Waals surface area (Å²) in [5.41, 5.74) is 13.1. The molecule has 3 heterocycles. The summed E-state index contributed by atoms with van der Waals surface area (Å²) in [5, 5.41) is 4.89. The minimum absolute atomic E-state index is 0.707. The molecule has 0 aliphatic heterocycles. The summed E-state index contributed by atoms with van der Waals surface area (Å²) in [6.07, 6.45) is 0. The number of hydrogen-bond donors (Lipinski definition) is 0. The maximum Gasteiger partial charge on any atom is 0.160 e. The van der Waals surface area contributed by atoms with Crippen molar-refractivity contribution in [2.75, 3.05) is 0 Å². The van der Waals surface area contributed by atoms with Crippen LogP contribution in [0, 0.1) is 0 Å². The van der Waals surface area contributed by atoms with Gasteiger partial charge in [0.05, 0.1) is 22.4 Å². The van der Waals surface area contributed by atoms with E-state index in [1.54, 1.807) is 0 Å². The summed E-state index contributed by atoms with van der Waals surface area (Å²) >= 11 is 1.83. The fraction of sp³-hybridized carbons (Fsp3) is 0. The highest BCUT2D eigenvalue weighted by Gasteiger charge is 2.20. The van der Waals surface area contributed by atoms with Crippen molar-refractivity contribution in [3.05, 3.63) is 200 Å². The Kier molecular flexibility index (Phi) is 7.68. The van der Waals surface area contributed by atoms with Gasteiger partial charge in [0.1, 0.15) is 0 Å². The standard InChI is InChI=1S/C52H33N3S/c1-5-15-34(16-6-1)38-25-27-41-42-28-26-39(35-17-7-2-8-18-35)30-49(42)55(48(41)29-38)40-31-44-43-23-13-14-24-50(43)56-51(44)45(32-40)47-33-46(36-19-9-3-10-20-36)53-52(54-47)37-21-11-4-12-22-37/h1-33H. The van der Waals surface area contributed by atoms with Crippen LogP contribution in [0.15, 0.2) is 200 Å².